The number of hydrogen-bond donors (Lipinski definition) is 0. The minimum Gasteiger partial charge on any atom is -0.364 e. The SMILES string of the molecule is C=CC[C@@H](/C(C)=C/C1C2=C(CCCC2C)N(C2C=CC(C3Cc4c(ccc5c4CCCC5)C(=C)/C=C\C3C)=CC2)C1CC)C(C(C)C1=C(C)CCC=C1)C(C)C(=C/C)/C=C(\C=C)c1ccccc1.CC. The molecule has 0 N–H and O–H groups in total. The second kappa shape index (κ2) is 24.5. The Morgan fingerprint density at radius 3 is 2.36 bits per heavy atom. The summed E-state index contributed by atoms with van der Waals surface area (Å²) in [5.41, 5.74) is 20.8. The maximum atomic E-state index is 4.56. The fraction of sp³-hybridized carbons (Fsp3) is 0.478. The molecule has 1 heteroatoms. The highest BCUT2D eigenvalue weighted by atomic mass is 15.2. The molecular weight excluding hydrogens is 843 g/mol. The third kappa shape index (κ3) is 11.1. The van der Waals surface area contributed by atoms with Gasteiger partial charge in [0.1, 0.15) is 0 Å². The Balaban J connectivity index is 0.00000356. The molecule has 0 spiro atoms. The van der Waals surface area contributed by atoms with Gasteiger partial charge in [-0.05, 0) is 207 Å². The Labute approximate surface area is 428 Å². The molecule has 10 atom stereocenters. The van der Waals surface area contributed by atoms with Crippen LogP contribution in [0.3, 0.4) is 0 Å². The maximum absolute atomic E-state index is 4.56. The van der Waals surface area contributed by atoms with Crippen molar-refractivity contribution in [3.05, 3.63) is 202 Å². The van der Waals surface area contributed by atoms with Crippen LogP contribution in [0.2, 0.25) is 0 Å². The zero-order chi connectivity index (χ0) is 50.1. The monoisotopic (exact) mass is 934 g/mol. The van der Waals surface area contributed by atoms with E-state index in [1.807, 2.05) is 19.9 Å². The van der Waals surface area contributed by atoms with Crippen molar-refractivity contribution < 1.29 is 0 Å². The average Bonchev–Trinajstić information content (AvgIpc) is 3.71. The number of allylic oxidation sites excluding steroid dienone is 17. The van der Waals surface area contributed by atoms with Crippen molar-refractivity contribution in [3.63, 3.8) is 0 Å². The molecule has 1 aliphatic heterocycles. The highest BCUT2D eigenvalue weighted by Gasteiger charge is 2.45. The van der Waals surface area contributed by atoms with Crippen LogP contribution in [0.15, 0.2) is 174 Å². The van der Waals surface area contributed by atoms with Gasteiger partial charge < -0.3 is 4.90 Å². The molecule has 0 bridgehead atoms. The summed E-state index contributed by atoms with van der Waals surface area (Å²) in [6, 6.07) is 16.4. The minimum absolute atomic E-state index is 0.310. The van der Waals surface area contributed by atoms with E-state index < -0.39 is 0 Å². The van der Waals surface area contributed by atoms with Gasteiger partial charge in [0.05, 0.1) is 6.04 Å². The molecule has 0 saturated carbocycles. The zero-order valence-corrected chi connectivity index (χ0v) is 45.5. The highest BCUT2D eigenvalue weighted by Crippen LogP contribution is 2.51. The number of benzene rings is 2. The van der Waals surface area contributed by atoms with E-state index in [9.17, 15) is 0 Å². The molecule has 5 aliphatic carbocycles. The van der Waals surface area contributed by atoms with E-state index >= 15 is 0 Å². The second-order valence-corrected chi connectivity index (χ2v) is 21.8. The van der Waals surface area contributed by atoms with Crippen molar-refractivity contribution in [2.24, 2.45) is 47.3 Å². The Bertz CT molecular complexity index is 2480. The summed E-state index contributed by atoms with van der Waals surface area (Å²) in [6.45, 7) is 36.9. The van der Waals surface area contributed by atoms with E-state index in [1.54, 1.807) is 44.7 Å². The van der Waals surface area contributed by atoms with Gasteiger partial charge in [-0.25, -0.2) is 0 Å². The van der Waals surface area contributed by atoms with Crippen molar-refractivity contribution >= 4 is 11.1 Å². The lowest BCUT2D eigenvalue weighted by molar-refractivity contribution is 0.201. The van der Waals surface area contributed by atoms with Crippen LogP contribution in [0.25, 0.3) is 11.1 Å². The first-order chi connectivity index (χ1) is 34.0. The molecule has 9 unspecified atom stereocenters. The van der Waals surface area contributed by atoms with Crippen LogP contribution in [0, 0.1) is 47.3 Å². The first-order valence-electron chi connectivity index (χ1n) is 28.1. The molecule has 2 aromatic carbocycles. The predicted molar refractivity (Wildman–Crippen MR) is 307 cm³/mol. The largest absolute Gasteiger partial charge is 0.364 e. The predicted octanol–water partition coefficient (Wildman–Crippen LogP) is 18.9. The minimum atomic E-state index is 0.310. The van der Waals surface area contributed by atoms with Crippen LogP contribution in [-0.4, -0.2) is 17.0 Å². The highest BCUT2D eigenvalue weighted by molar-refractivity contribution is 5.77. The molecule has 1 nitrogen and oxygen atoms in total. The maximum Gasteiger partial charge on any atom is 0.0511 e. The number of aryl methyl sites for hydroxylation is 1. The van der Waals surface area contributed by atoms with E-state index in [1.165, 1.54) is 78.4 Å². The number of rotatable bonds is 15. The van der Waals surface area contributed by atoms with E-state index in [0.717, 1.165) is 38.5 Å². The van der Waals surface area contributed by atoms with Crippen LogP contribution in [0.1, 0.15) is 161 Å². The second-order valence-electron chi connectivity index (χ2n) is 21.8. The van der Waals surface area contributed by atoms with Crippen LogP contribution >= 0.6 is 0 Å². The zero-order valence-electron chi connectivity index (χ0n) is 45.5. The van der Waals surface area contributed by atoms with Crippen LogP contribution in [-0.2, 0) is 19.3 Å². The van der Waals surface area contributed by atoms with Gasteiger partial charge in [-0.3, -0.25) is 0 Å². The quantitative estimate of drug-likeness (QED) is 0.127. The first-order valence-corrected chi connectivity index (χ1v) is 28.1. The van der Waals surface area contributed by atoms with Gasteiger partial charge in [0.25, 0.3) is 0 Å². The van der Waals surface area contributed by atoms with Crippen molar-refractivity contribution in [1.29, 1.82) is 0 Å². The van der Waals surface area contributed by atoms with E-state index in [4.69, 9.17) is 0 Å². The third-order valence-corrected chi connectivity index (χ3v) is 17.9. The molecule has 6 aliphatic rings. The van der Waals surface area contributed by atoms with E-state index in [2.05, 4.69) is 189 Å². The van der Waals surface area contributed by atoms with Crippen LogP contribution < -0.4 is 0 Å². The van der Waals surface area contributed by atoms with E-state index in [0.29, 0.717) is 59.4 Å². The fourth-order valence-corrected chi connectivity index (χ4v) is 14.2. The number of fused-ring (bicyclic) bond motifs is 3. The molecule has 0 aromatic heterocycles. The van der Waals surface area contributed by atoms with Gasteiger partial charge in [0.2, 0.25) is 0 Å². The Morgan fingerprint density at radius 1 is 0.900 bits per heavy atom. The summed E-state index contributed by atoms with van der Waals surface area (Å²) in [5, 5.41) is 0. The molecule has 0 saturated heterocycles. The van der Waals surface area contributed by atoms with Gasteiger partial charge in [-0.1, -0.05) is 188 Å². The summed E-state index contributed by atoms with van der Waals surface area (Å²) >= 11 is 0. The van der Waals surface area contributed by atoms with Crippen molar-refractivity contribution in [1.82, 2.24) is 4.90 Å². The van der Waals surface area contributed by atoms with Gasteiger partial charge in [0.15, 0.2) is 0 Å². The lowest BCUT2D eigenvalue weighted by Gasteiger charge is -2.40. The average molecular weight is 934 g/mol. The van der Waals surface area contributed by atoms with Gasteiger partial charge >= 0.3 is 0 Å². The van der Waals surface area contributed by atoms with Crippen molar-refractivity contribution in [2.75, 3.05) is 0 Å². The molecule has 0 amide bonds. The Morgan fingerprint density at radius 2 is 1.67 bits per heavy atom. The molecule has 372 valence electrons. The summed E-state index contributed by atoms with van der Waals surface area (Å²) in [5.74, 6) is 3.35. The summed E-state index contributed by atoms with van der Waals surface area (Å²) in [7, 11) is 0. The fourth-order valence-electron chi connectivity index (χ4n) is 14.2. The molecule has 1 heterocycles. The summed E-state index contributed by atoms with van der Waals surface area (Å²) in [6.07, 6.45) is 44.8. The van der Waals surface area contributed by atoms with Gasteiger partial charge in [0, 0.05) is 17.7 Å². The standard InChI is InChI=1S/C67H85N.C2H6/c1-12-24-59(67(50(11)57-30-21-19-25-44(57)5)49(10)51(13-2)42-52(14-3)53-27-17-16-18-28-53)48(9)41-63-64(15-4)68(65-32-23-26-47(8)66(63)65)56-38-35-55(36-39-56)61-43-62-58(45(6)33-34-46(61)7)40-37-54-29-20-22-31-60(54)62;1-2/h12-14,16-18,21,27-28,30,33-38,40-42,46-47,49-50,56,59,61,63-64,67H,1,3,6,15,19-20,22-26,29,31-32,39,43H2,2,4-5,7-11H3;1-2H3/b34-33-,48-41+,51-13+,52-42+;/t46?,47?,49?,50?,56?,59-,61?,63?,64?,67?;/m0./s1. The summed E-state index contributed by atoms with van der Waals surface area (Å²) in [4.78, 5) is 2.95. The first kappa shape index (κ1) is 52.9. The number of hydrogen-bond acceptors (Lipinski definition) is 1. The lowest BCUT2D eigenvalue weighted by atomic mass is 9.65. The van der Waals surface area contributed by atoms with Gasteiger partial charge in [-0.2, -0.15) is 0 Å². The Kier molecular flexibility index (Phi) is 18.5. The smallest absolute Gasteiger partial charge is 0.0511 e. The third-order valence-electron chi connectivity index (χ3n) is 17.9. The lowest BCUT2D eigenvalue weighted by Crippen LogP contribution is -2.41. The van der Waals surface area contributed by atoms with Crippen molar-refractivity contribution in [3.8, 4) is 0 Å². The molecule has 70 heavy (non-hydrogen) atoms. The normalized spacial score (nSPS) is 27.2. The number of nitrogens with zero attached hydrogens (tertiary/aromatic N) is 1. The van der Waals surface area contributed by atoms with Crippen LogP contribution in [0.4, 0.5) is 0 Å². The topological polar surface area (TPSA) is 3.24 Å². The summed E-state index contributed by atoms with van der Waals surface area (Å²) < 4.78 is 0. The Hall–Kier alpha value is -4.88. The molecule has 0 fully saturated rings. The van der Waals surface area contributed by atoms with Crippen molar-refractivity contribution in [2.45, 2.75) is 165 Å². The molecule has 2 aromatic rings. The molecule has 8 rings (SSSR count). The molecule has 0 radical (unpaired) electrons. The van der Waals surface area contributed by atoms with E-state index in [-0.39, 0.29) is 0 Å². The van der Waals surface area contributed by atoms with Crippen LogP contribution in [0.5, 0.6) is 0 Å². The van der Waals surface area contributed by atoms with Gasteiger partial charge in [-0.15, -0.1) is 6.58 Å². The molecular formula is C69H91N.